The Kier molecular flexibility index (Phi) is 7.51. The highest BCUT2D eigenvalue weighted by Gasteiger charge is 2.25. The third-order valence-corrected chi connectivity index (χ3v) is 5.09. The smallest absolute Gasteiger partial charge is 0.222 e. The summed E-state index contributed by atoms with van der Waals surface area (Å²) >= 11 is 0. The van der Waals surface area contributed by atoms with Gasteiger partial charge in [-0.1, -0.05) is 19.3 Å². The van der Waals surface area contributed by atoms with E-state index in [4.69, 9.17) is 4.74 Å². The summed E-state index contributed by atoms with van der Waals surface area (Å²) in [5, 5.41) is 10.1. The minimum atomic E-state index is -0.464. The van der Waals surface area contributed by atoms with E-state index in [0.717, 1.165) is 32.6 Å². The Hall–Kier alpha value is -0.650. The highest BCUT2D eigenvalue weighted by Crippen LogP contribution is 2.27. The second kappa shape index (κ2) is 9.16. The van der Waals surface area contributed by atoms with Crippen molar-refractivity contribution in [2.75, 3.05) is 39.3 Å². The minimum absolute atomic E-state index is 0.217. The fourth-order valence-electron chi connectivity index (χ4n) is 3.64. The predicted molar refractivity (Wildman–Crippen MR) is 95.9 cm³/mol. The zero-order valence-electron chi connectivity index (χ0n) is 15.8. The average Bonchev–Trinajstić information content (AvgIpc) is 2.54. The standard InChI is InChI=1S/C19H36N2O3/c1-19(2,3)24-15-17(22)14-20-9-11-21(12-10-20)18(23)13-16-7-5-4-6-8-16/h16-17,22H,4-15H2,1-3H3. The van der Waals surface area contributed by atoms with E-state index >= 15 is 0 Å². The first-order chi connectivity index (χ1) is 11.3. The van der Waals surface area contributed by atoms with E-state index in [0.29, 0.717) is 25.0 Å². The van der Waals surface area contributed by atoms with E-state index in [1.807, 2.05) is 25.7 Å². The highest BCUT2D eigenvalue weighted by atomic mass is 16.5. The second-order valence-corrected chi connectivity index (χ2v) is 8.47. The summed E-state index contributed by atoms with van der Waals surface area (Å²) in [6.07, 6.45) is 6.65. The number of aliphatic hydroxyl groups excluding tert-OH is 1. The molecule has 1 amide bonds. The largest absolute Gasteiger partial charge is 0.389 e. The Bertz CT molecular complexity index is 381. The maximum atomic E-state index is 12.4. The van der Waals surface area contributed by atoms with Crippen molar-refractivity contribution in [2.45, 2.75) is 71.0 Å². The molecule has 1 saturated carbocycles. The van der Waals surface area contributed by atoms with Crippen LogP contribution in [0.25, 0.3) is 0 Å². The quantitative estimate of drug-likeness (QED) is 0.806. The first-order valence-electron chi connectivity index (χ1n) is 9.65. The highest BCUT2D eigenvalue weighted by molar-refractivity contribution is 5.76. The molecule has 0 bridgehead atoms. The molecule has 1 unspecified atom stereocenters. The van der Waals surface area contributed by atoms with Crippen molar-refractivity contribution in [2.24, 2.45) is 5.92 Å². The average molecular weight is 341 g/mol. The Morgan fingerprint density at radius 2 is 1.75 bits per heavy atom. The zero-order valence-corrected chi connectivity index (χ0v) is 15.8. The lowest BCUT2D eigenvalue weighted by molar-refractivity contribution is -0.134. The van der Waals surface area contributed by atoms with Crippen molar-refractivity contribution >= 4 is 5.91 Å². The predicted octanol–water partition coefficient (Wildman–Crippen LogP) is 2.28. The van der Waals surface area contributed by atoms with E-state index < -0.39 is 6.10 Å². The van der Waals surface area contributed by atoms with Gasteiger partial charge < -0.3 is 14.7 Å². The molecule has 1 aliphatic heterocycles. The van der Waals surface area contributed by atoms with E-state index in [2.05, 4.69) is 4.90 Å². The summed E-state index contributed by atoms with van der Waals surface area (Å²) in [4.78, 5) is 16.7. The van der Waals surface area contributed by atoms with Crippen molar-refractivity contribution in [1.29, 1.82) is 0 Å². The molecule has 1 aliphatic carbocycles. The van der Waals surface area contributed by atoms with Crippen LogP contribution in [0, 0.1) is 5.92 Å². The lowest BCUT2D eigenvalue weighted by atomic mass is 9.86. The SMILES string of the molecule is CC(C)(C)OCC(O)CN1CCN(C(=O)CC2CCCCC2)CC1. The molecule has 140 valence electrons. The van der Waals surface area contributed by atoms with Crippen molar-refractivity contribution in [3.05, 3.63) is 0 Å². The molecule has 5 heteroatoms. The summed E-state index contributed by atoms with van der Waals surface area (Å²) in [5.74, 6) is 0.943. The van der Waals surface area contributed by atoms with Crippen LogP contribution >= 0.6 is 0 Å². The van der Waals surface area contributed by atoms with E-state index in [9.17, 15) is 9.90 Å². The number of carbonyl (C=O) groups excluding carboxylic acids is 1. The molecule has 1 atom stereocenters. The van der Waals surface area contributed by atoms with Gasteiger partial charge in [-0.3, -0.25) is 9.69 Å². The van der Waals surface area contributed by atoms with Gasteiger partial charge in [0.25, 0.3) is 0 Å². The summed E-state index contributed by atoms with van der Waals surface area (Å²) in [6, 6.07) is 0. The van der Waals surface area contributed by atoms with Crippen molar-refractivity contribution in [1.82, 2.24) is 9.80 Å². The molecule has 0 aromatic rings. The molecule has 0 radical (unpaired) electrons. The number of carbonyl (C=O) groups is 1. The van der Waals surface area contributed by atoms with Gasteiger partial charge in [-0.2, -0.15) is 0 Å². The van der Waals surface area contributed by atoms with Gasteiger partial charge in [-0.15, -0.1) is 0 Å². The van der Waals surface area contributed by atoms with Crippen molar-refractivity contribution < 1.29 is 14.6 Å². The zero-order chi connectivity index (χ0) is 17.6. The summed E-state index contributed by atoms with van der Waals surface area (Å²) < 4.78 is 5.64. The summed E-state index contributed by atoms with van der Waals surface area (Å²) in [7, 11) is 0. The number of aliphatic hydroxyl groups is 1. The monoisotopic (exact) mass is 340 g/mol. The lowest BCUT2D eigenvalue weighted by Crippen LogP contribution is -2.51. The molecule has 1 saturated heterocycles. The van der Waals surface area contributed by atoms with Gasteiger partial charge in [-0.05, 0) is 39.5 Å². The maximum absolute atomic E-state index is 12.4. The Morgan fingerprint density at radius 3 is 2.33 bits per heavy atom. The van der Waals surface area contributed by atoms with Crippen LogP contribution < -0.4 is 0 Å². The van der Waals surface area contributed by atoms with E-state index in [1.54, 1.807) is 0 Å². The van der Waals surface area contributed by atoms with Gasteiger partial charge in [-0.25, -0.2) is 0 Å². The fourth-order valence-corrected chi connectivity index (χ4v) is 3.64. The number of hydrogen-bond acceptors (Lipinski definition) is 4. The molecule has 2 rings (SSSR count). The Morgan fingerprint density at radius 1 is 1.12 bits per heavy atom. The van der Waals surface area contributed by atoms with Gasteiger partial charge in [0.15, 0.2) is 0 Å². The second-order valence-electron chi connectivity index (χ2n) is 8.47. The molecule has 2 fully saturated rings. The number of piperazine rings is 1. The normalized spacial score (nSPS) is 22.6. The van der Waals surface area contributed by atoms with E-state index in [-0.39, 0.29) is 5.60 Å². The van der Waals surface area contributed by atoms with Gasteiger partial charge in [0.1, 0.15) is 0 Å². The van der Waals surface area contributed by atoms with Crippen LogP contribution in [0.5, 0.6) is 0 Å². The molecule has 0 spiro atoms. The topological polar surface area (TPSA) is 53.0 Å². The van der Waals surface area contributed by atoms with E-state index in [1.165, 1.54) is 32.1 Å². The molecule has 5 nitrogen and oxygen atoms in total. The third kappa shape index (κ3) is 7.08. The number of hydrogen-bond donors (Lipinski definition) is 1. The lowest BCUT2D eigenvalue weighted by Gasteiger charge is -2.36. The maximum Gasteiger partial charge on any atom is 0.222 e. The molecule has 0 aromatic carbocycles. The molecule has 1 heterocycles. The number of rotatable bonds is 6. The molecule has 24 heavy (non-hydrogen) atoms. The van der Waals surface area contributed by atoms with Crippen LogP contribution in [0.4, 0.5) is 0 Å². The fraction of sp³-hybridized carbons (Fsp3) is 0.947. The molecule has 0 aromatic heterocycles. The number of ether oxygens (including phenoxy) is 1. The summed E-state index contributed by atoms with van der Waals surface area (Å²) in [5.41, 5.74) is -0.217. The minimum Gasteiger partial charge on any atom is -0.389 e. The van der Waals surface area contributed by atoms with Crippen molar-refractivity contribution in [3.63, 3.8) is 0 Å². The van der Waals surface area contributed by atoms with Crippen molar-refractivity contribution in [3.8, 4) is 0 Å². The first-order valence-corrected chi connectivity index (χ1v) is 9.65. The Labute approximate surface area is 147 Å². The number of nitrogens with zero attached hydrogens (tertiary/aromatic N) is 2. The van der Waals surface area contributed by atoms with Crippen LogP contribution in [0.3, 0.4) is 0 Å². The third-order valence-electron chi connectivity index (χ3n) is 5.09. The first kappa shape index (κ1) is 19.7. The Balaban J connectivity index is 1.64. The van der Waals surface area contributed by atoms with Crippen LogP contribution in [0.2, 0.25) is 0 Å². The van der Waals surface area contributed by atoms with Crippen LogP contribution in [-0.2, 0) is 9.53 Å². The van der Waals surface area contributed by atoms with Gasteiger partial charge in [0, 0.05) is 39.1 Å². The van der Waals surface area contributed by atoms with Gasteiger partial charge in [0.2, 0.25) is 5.91 Å². The van der Waals surface area contributed by atoms with Crippen LogP contribution in [0.15, 0.2) is 0 Å². The van der Waals surface area contributed by atoms with Gasteiger partial charge >= 0.3 is 0 Å². The number of β-amino-alcohol motifs (C(OH)–C–C–N with tert-alkyl or cyclic N) is 1. The molecular weight excluding hydrogens is 304 g/mol. The number of amides is 1. The van der Waals surface area contributed by atoms with Crippen LogP contribution in [0.1, 0.15) is 59.3 Å². The molecule has 2 aliphatic rings. The summed E-state index contributed by atoms with van der Waals surface area (Å²) in [6.45, 7) is 10.3. The van der Waals surface area contributed by atoms with Crippen LogP contribution in [-0.4, -0.2) is 71.8 Å². The van der Waals surface area contributed by atoms with Gasteiger partial charge in [0.05, 0.1) is 18.3 Å². The molecular formula is C19H36N2O3. The molecule has 1 N–H and O–H groups in total.